The van der Waals surface area contributed by atoms with Crippen molar-refractivity contribution in [3.05, 3.63) is 29.8 Å². The highest BCUT2D eigenvalue weighted by molar-refractivity contribution is 5.95. The van der Waals surface area contributed by atoms with Crippen molar-refractivity contribution in [1.29, 1.82) is 0 Å². The number of hydrogen-bond acceptors (Lipinski definition) is 4. The number of para-hydroxylation sites is 1. The van der Waals surface area contributed by atoms with Crippen LogP contribution in [0.4, 0.5) is 5.69 Å². The lowest BCUT2D eigenvalue weighted by atomic mass is 9.80. The first-order valence-electron chi connectivity index (χ1n) is 8.94. The summed E-state index contributed by atoms with van der Waals surface area (Å²) in [4.78, 5) is 26.3. The summed E-state index contributed by atoms with van der Waals surface area (Å²) in [6, 6.07) is 7.85. The molecule has 1 aliphatic rings. The van der Waals surface area contributed by atoms with E-state index in [1.807, 2.05) is 31.2 Å². The monoisotopic (exact) mass is 382 g/mol. The molecule has 1 heterocycles. The van der Waals surface area contributed by atoms with Crippen LogP contribution in [-0.4, -0.2) is 48.9 Å². The molecule has 26 heavy (non-hydrogen) atoms. The van der Waals surface area contributed by atoms with Gasteiger partial charge in [-0.3, -0.25) is 14.5 Å². The standard InChI is InChI=1S/C19H30N4O2.ClH/c1-4-14-7-5-6-8-15(14)22-17(24)11-21-18(25)12-23-10-9-16(20)19(2,3)13-23;/h5-8,16H,4,9-13,20H2,1-3H3,(H,21,25)(H,22,24);1H. The van der Waals surface area contributed by atoms with Crippen LogP contribution in [0.25, 0.3) is 0 Å². The summed E-state index contributed by atoms with van der Waals surface area (Å²) in [6.07, 6.45) is 1.73. The van der Waals surface area contributed by atoms with Crippen LogP contribution in [0.1, 0.15) is 32.8 Å². The fraction of sp³-hybridized carbons (Fsp3) is 0.579. The molecule has 0 aliphatic carbocycles. The summed E-state index contributed by atoms with van der Waals surface area (Å²) < 4.78 is 0. The number of anilines is 1. The Balaban J connectivity index is 0.00000338. The van der Waals surface area contributed by atoms with Gasteiger partial charge in [0.25, 0.3) is 0 Å². The summed E-state index contributed by atoms with van der Waals surface area (Å²) in [5.41, 5.74) is 8.00. The zero-order valence-corrected chi connectivity index (χ0v) is 16.7. The number of halogens is 1. The number of carbonyl (C=O) groups is 2. The number of nitrogens with zero attached hydrogens (tertiary/aromatic N) is 1. The van der Waals surface area contributed by atoms with E-state index in [1.165, 1.54) is 0 Å². The topological polar surface area (TPSA) is 87.5 Å². The maximum Gasteiger partial charge on any atom is 0.243 e. The molecule has 0 radical (unpaired) electrons. The van der Waals surface area contributed by atoms with Crippen LogP contribution in [0, 0.1) is 5.41 Å². The van der Waals surface area contributed by atoms with E-state index in [2.05, 4.69) is 29.4 Å². The van der Waals surface area contributed by atoms with Gasteiger partial charge in [-0.15, -0.1) is 12.4 Å². The smallest absolute Gasteiger partial charge is 0.243 e. The van der Waals surface area contributed by atoms with E-state index < -0.39 is 0 Å². The summed E-state index contributed by atoms with van der Waals surface area (Å²) in [6.45, 7) is 8.17. The van der Waals surface area contributed by atoms with Crippen molar-refractivity contribution in [2.24, 2.45) is 11.1 Å². The Morgan fingerprint density at radius 1 is 1.27 bits per heavy atom. The van der Waals surface area contributed by atoms with Crippen molar-refractivity contribution in [1.82, 2.24) is 10.2 Å². The second-order valence-corrected chi connectivity index (χ2v) is 7.43. The molecule has 2 rings (SSSR count). The Hall–Kier alpha value is -1.63. The van der Waals surface area contributed by atoms with Gasteiger partial charge in [-0.05, 0) is 29.9 Å². The van der Waals surface area contributed by atoms with E-state index in [1.54, 1.807) is 0 Å². The second-order valence-electron chi connectivity index (χ2n) is 7.43. The van der Waals surface area contributed by atoms with Gasteiger partial charge in [-0.1, -0.05) is 39.0 Å². The molecule has 1 saturated heterocycles. The molecular weight excluding hydrogens is 352 g/mol. The third-order valence-corrected chi connectivity index (χ3v) is 4.88. The zero-order valence-electron chi connectivity index (χ0n) is 15.9. The Morgan fingerprint density at radius 3 is 2.62 bits per heavy atom. The molecule has 146 valence electrons. The minimum Gasteiger partial charge on any atom is -0.346 e. The highest BCUT2D eigenvalue weighted by Crippen LogP contribution is 2.27. The molecule has 4 N–H and O–H groups in total. The van der Waals surface area contributed by atoms with Gasteiger partial charge in [0.1, 0.15) is 0 Å². The van der Waals surface area contributed by atoms with Gasteiger partial charge in [0.05, 0.1) is 13.1 Å². The molecule has 7 heteroatoms. The second kappa shape index (κ2) is 9.90. The maximum absolute atomic E-state index is 12.1. The average Bonchev–Trinajstić information content (AvgIpc) is 2.56. The molecule has 1 aliphatic heterocycles. The number of piperidine rings is 1. The molecule has 1 aromatic carbocycles. The zero-order chi connectivity index (χ0) is 18.4. The van der Waals surface area contributed by atoms with Crippen LogP contribution in [0.15, 0.2) is 24.3 Å². The SMILES string of the molecule is CCc1ccccc1NC(=O)CNC(=O)CN1CCC(N)C(C)(C)C1.Cl. The minimum atomic E-state index is -0.213. The molecule has 0 spiro atoms. The number of carbonyl (C=O) groups excluding carboxylic acids is 2. The van der Waals surface area contributed by atoms with Gasteiger partial charge in [0, 0.05) is 24.8 Å². The van der Waals surface area contributed by atoms with Crippen LogP contribution in [0.2, 0.25) is 0 Å². The quantitative estimate of drug-likeness (QED) is 0.699. The molecule has 2 amide bonds. The summed E-state index contributed by atoms with van der Waals surface area (Å²) >= 11 is 0. The van der Waals surface area contributed by atoms with Crippen molar-refractivity contribution >= 4 is 29.9 Å². The van der Waals surface area contributed by atoms with Gasteiger partial charge in [-0.25, -0.2) is 0 Å². The molecule has 6 nitrogen and oxygen atoms in total. The average molecular weight is 383 g/mol. The van der Waals surface area contributed by atoms with Crippen molar-refractivity contribution in [3.8, 4) is 0 Å². The lowest BCUT2D eigenvalue weighted by Crippen LogP contribution is -2.54. The van der Waals surface area contributed by atoms with Crippen LogP contribution >= 0.6 is 12.4 Å². The number of hydrogen-bond donors (Lipinski definition) is 3. The predicted octanol–water partition coefficient (Wildman–Crippen LogP) is 1.78. The van der Waals surface area contributed by atoms with E-state index in [0.717, 1.165) is 37.2 Å². The van der Waals surface area contributed by atoms with E-state index in [4.69, 9.17) is 5.73 Å². The van der Waals surface area contributed by atoms with Gasteiger partial charge in [-0.2, -0.15) is 0 Å². The summed E-state index contributed by atoms with van der Waals surface area (Å²) in [5.74, 6) is -0.347. The first-order chi connectivity index (χ1) is 11.8. The molecule has 1 aromatic rings. The first-order valence-corrected chi connectivity index (χ1v) is 8.94. The predicted molar refractivity (Wildman–Crippen MR) is 108 cm³/mol. The molecule has 1 unspecified atom stereocenters. The summed E-state index contributed by atoms with van der Waals surface area (Å²) in [7, 11) is 0. The van der Waals surface area contributed by atoms with Crippen LogP contribution in [0.5, 0.6) is 0 Å². The first kappa shape index (κ1) is 22.4. The third-order valence-electron chi connectivity index (χ3n) is 4.88. The van der Waals surface area contributed by atoms with Crippen LogP contribution in [-0.2, 0) is 16.0 Å². The fourth-order valence-electron chi connectivity index (χ4n) is 3.20. The van der Waals surface area contributed by atoms with Crippen LogP contribution in [0.3, 0.4) is 0 Å². The number of aryl methyl sites for hydroxylation is 1. The largest absolute Gasteiger partial charge is 0.346 e. The van der Waals surface area contributed by atoms with Crippen molar-refractivity contribution in [2.45, 2.75) is 39.7 Å². The lowest BCUT2D eigenvalue weighted by Gasteiger charge is -2.42. The Kier molecular flexibility index (Phi) is 8.53. The van der Waals surface area contributed by atoms with E-state index in [-0.39, 0.29) is 42.2 Å². The van der Waals surface area contributed by atoms with Crippen molar-refractivity contribution in [3.63, 3.8) is 0 Å². The van der Waals surface area contributed by atoms with E-state index in [0.29, 0.717) is 6.54 Å². The van der Waals surface area contributed by atoms with Crippen LogP contribution < -0.4 is 16.4 Å². The Labute approximate surface area is 162 Å². The number of benzene rings is 1. The Morgan fingerprint density at radius 2 is 1.96 bits per heavy atom. The van der Waals surface area contributed by atoms with Crippen molar-refractivity contribution < 1.29 is 9.59 Å². The van der Waals surface area contributed by atoms with Gasteiger partial charge in [0.15, 0.2) is 0 Å². The van der Waals surface area contributed by atoms with Crippen molar-refractivity contribution in [2.75, 3.05) is 31.5 Å². The molecule has 1 fully saturated rings. The molecule has 0 aromatic heterocycles. The van der Waals surface area contributed by atoms with E-state index in [9.17, 15) is 9.59 Å². The number of amides is 2. The number of nitrogens with two attached hydrogens (primary N) is 1. The Bertz CT molecular complexity index is 621. The third kappa shape index (κ3) is 6.27. The molecule has 0 bridgehead atoms. The molecule has 0 saturated carbocycles. The highest BCUT2D eigenvalue weighted by Gasteiger charge is 2.33. The van der Waals surface area contributed by atoms with Gasteiger partial charge >= 0.3 is 0 Å². The summed E-state index contributed by atoms with van der Waals surface area (Å²) in [5, 5.41) is 5.56. The fourth-order valence-corrected chi connectivity index (χ4v) is 3.20. The highest BCUT2D eigenvalue weighted by atomic mass is 35.5. The van der Waals surface area contributed by atoms with E-state index >= 15 is 0 Å². The molecule has 1 atom stereocenters. The number of rotatable bonds is 6. The normalized spacial score (nSPS) is 19.3. The lowest BCUT2D eigenvalue weighted by molar-refractivity contribution is -0.125. The number of nitrogens with one attached hydrogen (secondary N) is 2. The molecular formula is C19H31ClN4O2. The van der Waals surface area contributed by atoms with Gasteiger partial charge in [0.2, 0.25) is 11.8 Å². The number of likely N-dealkylation sites (tertiary alicyclic amines) is 1. The maximum atomic E-state index is 12.1. The minimum absolute atomic E-state index is 0. The van der Waals surface area contributed by atoms with Gasteiger partial charge < -0.3 is 16.4 Å².